The zero-order valence-electron chi connectivity index (χ0n) is 16.4. The van der Waals surface area contributed by atoms with Crippen molar-refractivity contribution in [2.24, 2.45) is 0 Å². The first-order valence-corrected chi connectivity index (χ1v) is 10.7. The number of benzene rings is 2. The molecule has 1 amide bonds. The van der Waals surface area contributed by atoms with E-state index in [1.165, 1.54) is 35.1 Å². The van der Waals surface area contributed by atoms with Crippen molar-refractivity contribution in [1.82, 2.24) is 9.55 Å². The highest BCUT2D eigenvalue weighted by atomic mass is 35.5. The Morgan fingerprint density at radius 3 is 2.69 bits per heavy atom. The van der Waals surface area contributed by atoms with Crippen LogP contribution in [0.25, 0.3) is 10.9 Å². The first kappa shape index (κ1) is 21.6. The molecule has 0 unspecified atom stereocenters. The SMILES string of the molecule is O=C(CSc1nc2cc(Cl)ccc2c(=O)n1Cc1ccco1)Nc1ccc([N+](=O)[O-])cc1. The van der Waals surface area contributed by atoms with E-state index in [0.29, 0.717) is 32.5 Å². The van der Waals surface area contributed by atoms with E-state index in [1.54, 1.807) is 30.3 Å². The quantitative estimate of drug-likeness (QED) is 0.185. The average molecular weight is 471 g/mol. The summed E-state index contributed by atoms with van der Waals surface area (Å²) in [5.74, 6) is 0.182. The number of carbonyl (C=O) groups excluding carboxylic acids is 1. The van der Waals surface area contributed by atoms with Crippen LogP contribution >= 0.6 is 23.4 Å². The average Bonchev–Trinajstić information content (AvgIpc) is 3.28. The fourth-order valence-corrected chi connectivity index (χ4v) is 3.94. The molecule has 2 aromatic heterocycles. The highest BCUT2D eigenvalue weighted by molar-refractivity contribution is 7.99. The molecule has 0 saturated carbocycles. The summed E-state index contributed by atoms with van der Waals surface area (Å²) in [5, 5.41) is 14.6. The lowest BCUT2D eigenvalue weighted by Gasteiger charge is -2.12. The van der Waals surface area contributed by atoms with E-state index in [2.05, 4.69) is 10.3 Å². The Labute approximate surface area is 190 Å². The van der Waals surface area contributed by atoms with Crippen molar-refractivity contribution in [3.63, 3.8) is 0 Å². The zero-order valence-corrected chi connectivity index (χ0v) is 17.9. The van der Waals surface area contributed by atoms with Gasteiger partial charge in [-0.05, 0) is 42.5 Å². The number of aromatic nitrogens is 2. The van der Waals surface area contributed by atoms with Crippen molar-refractivity contribution in [3.05, 3.63) is 92.1 Å². The molecule has 0 saturated heterocycles. The van der Waals surface area contributed by atoms with Gasteiger partial charge in [0.25, 0.3) is 11.2 Å². The molecule has 0 aliphatic rings. The third kappa shape index (κ3) is 4.82. The van der Waals surface area contributed by atoms with Crippen LogP contribution in [0.5, 0.6) is 0 Å². The summed E-state index contributed by atoms with van der Waals surface area (Å²) in [6, 6.07) is 13.8. The van der Waals surface area contributed by atoms with Crippen LogP contribution in [0.2, 0.25) is 5.02 Å². The van der Waals surface area contributed by atoms with Gasteiger partial charge in [-0.15, -0.1) is 0 Å². The number of nitro benzene ring substituents is 1. The van der Waals surface area contributed by atoms with Crippen LogP contribution in [0.3, 0.4) is 0 Å². The van der Waals surface area contributed by atoms with E-state index in [4.69, 9.17) is 16.0 Å². The second kappa shape index (κ2) is 9.25. The smallest absolute Gasteiger partial charge is 0.269 e. The number of nitrogens with one attached hydrogen (secondary N) is 1. The van der Waals surface area contributed by atoms with Gasteiger partial charge < -0.3 is 9.73 Å². The summed E-state index contributed by atoms with van der Waals surface area (Å²) >= 11 is 7.14. The lowest BCUT2D eigenvalue weighted by molar-refractivity contribution is -0.384. The highest BCUT2D eigenvalue weighted by Gasteiger charge is 2.15. The number of furan rings is 1. The molecule has 9 nitrogen and oxygen atoms in total. The topological polar surface area (TPSA) is 120 Å². The molecule has 2 aromatic carbocycles. The van der Waals surface area contributed by atoms with Gasteiger partial charge in [0, 0.05) is 22.8 Å². The van der Waals surface area contributed by atoms with Crippen molar-refractivity contribution in [2.45, 2.75) is 11.7 Å². The second-order valence-electron chi connectivity index (χ2n) is 6.67. The van der Waals surface area contributed by atoms with Gasteiger partial charge in [0.15, 0.2) is 5.16 Å². The predicted octanol–water partition coefficient (Wildman–Crippen LogP) is 4.33. The molecule has 0 aliphatic carbocycles. The standard InChI is InChI=1S/C21H15ClN4O5S/c22-13-3-8-17-18(10-13)24-21(25(20(17)28)11-16-2-1-9-31-16)32-12-19(27)23-14-4-6-15(7-5-14)26(29)30/h1-10H,11-12H2,(H,23,27). The van der Waals surface area contributed by atoms with Gasteiger partial charge >= 0.3 is 0 Å². The summed E-state index contributed by atoms with van der Waals surface area (Å²) < 4.78 is 6.81. The molecule has 0 radical (unpaired) electrons. The second-order valence-corrected chi connectivity index (χ2v) is 8.05. The van der Waals surface area contributed by atoms with E-state index >= 15 is 0 Å². The molecule has 11 heteroatoms. The number of anilines is 1. The van der Waals surface area contributed by atoms with Crippen LogP contribution < -0.4 is 10.9 Å². The molecule has 2 heterocycles. The van der Waals surface area contributed by atoms with Crippen LogP contribution in [-0.4, -0.2) is 26.1 Å². The van der Waals surface area contributed by atoms with Crippen molar-refractivity contribution < 1.29 is 14.1 Å². The first-order valence-electron chi connectivity index (χ1n) is 9.30. The Balaban J connectivity index is 1.57. The summed E-state index contributed by atoms with van der Waals surface area (Å²) in [5.41, 5.74) is 0.503. The van der Waals surface area contributed by atoms with Gasteiger partial charge in [0.2, 0.25) is 5.91 Å². The maximum absolute atomic E-state index is 13.1. The molecular weight excluding hydrogens is 456 g/mol. The minimum Gasteiger partial charge on any atom is -0.467 e. The van der Waals surface area contributed by atoms with E-state index < -0.39 is 4.92 Å². The van der Waals surface area contributed by atoms with Crippen LogP contribution in [0.1, 0.15) is 5.76 Å². The zero-order chi connectivity index (χ0) is 22.7. The summed E-state index contributed by atoms with van der Waals surface area (Å²) in [6.07, 6.45) is 1.51. The predicted molar refractivity (Wildman–Crippen MR) is 121 cm³/mol. The summed E-state index contributed by atoms with van der Waals surface area (Å²) in [6.45, 7) is 0.156. The van der Waals surface area contributed by atoms with Crippen molar-refractivity contribution in [1.29, 1.82) is 0 Å². The highest BCUT2D eigenvalue weighted by Crippen LogP contribution is 2.22. The maximum atomic E-state index is 13.1. The number of amides is 1. The largest absolute Gasteiger partial charge is 0.467 e. The molecule has 4 aromatic rings. The fraction of sp³-hybridized carbons (Fsp3) is 0.0952. The Morgan fingerprint density at radius 1 is 1.22 bits per heavy atom. The number of rotatable bonds is 7. The van der Waals surface area contributed by atoms with Gasteiger partial charge in [-0.25, -0.2) is 4.98 Å². The molecule has 0 bridgehead atoms. The lowest BCUT2D eigenvalue weighted by Crippen LogP contribution is -2.24. The Morgan fingerprint density at radius 2 is 2.00 bits per heavy atom. The molecule has 0 aliphatic heterocycles. The number of non-ortho nitro benzene ring substituents is 1. The first-order chi connectivity index (χ1) is 15.4. The lowest BCUT2D eigenvalue weighted by atomic mass is 10.2. The molecule has 162 valence electrons. The Kier molecular flexibility index (Phi) is 6.24. The fourth-order valence-electron chi connectivity index (χ4n) is 2.98. The van der Waals surface area contributed by atoms with E-state index in [-0.39, 0.29) is 29.5 Å². The Hall–Kier alpha value is -3.63. The van der Waals surface area contributed by atoms with Gasteiger partial charge in [-0.2, -0.15) is 0 Å². The van der Waals surface area contributed by atoms with Gasteiger partial charge in [-0.3, -0.25) is 24.3 Å². The third-order valence-corrected chi connectivity index (χ3v) is 5.68. The third-order valence-electron chi connectivity index (χ3n) is 4.47. The molecule has 4 rings (SSSR count). The van der Waals surface area contributed by atoms with Crippen molar-refractivity contribution >= 4 is 51.5 Å². The Bertz CT molecular complexity index is 1350. The van der Waals surface area contributed by atoms with Crippen LogP contribution in [0.15, 0.2) is 75.2 Å². The monoisotopic (exact) mass is 470 g/mol. The van der Waals surface area contributed by atoms with E-state index in [9.17, 15) is 19.7 Å². The van der Waals surface area contributed by atoms with Crippen molar-refractivity contribution in [2.75, 3.05) is 11.1 Å². The molecular formula is C21H15ClN4O5S. The normalized spacial score (nSPS) is 10.9. The van der Waals surface area contributed by atoms with Crippen LogP contribution in [0.4, 0.5) is 11.4 Å². The van der Waals surface area contributed by atoms with Gasteiger partial charge in [0.05, 0.1) is 34.4 Å². The number of hydrogen-bond donors (Lipinski definition) is 1. The number of fused-ring (bicyclic) bond motifs is 1. The number of hydrogen-bond acceptors (Lipinski definition) is 7. The van der Waals surface area contributed by atoms with Gasteiger partial charge in [-0.1, -0.05) is 23.4 Å². The van der Waals surface area contributed by atoms with Crippen molar-refractivity contribution in [3.8, 4) is 0 Å². The van der Waals surface area contributed by atoms with E-state index in [0.717, 1.165) is 11.8 Å². The minimum absolute atomic E-state index is 0.0341. The van der Waals surface area contributed by atoms with E-state index in [1.807, 2.05) is 0 Å². The van der Waals surface area contributed by atoms with Crippen LogP contribution in [0, 0.1) is 10.1 Å². The number of halogens is 1. The maximum Gasteiger partial charge on any atom is 0.269 e. The minimum atomic E-state index is -0.516. The van der Waals surface area contributed by atoms with Crippen LogP contribution in [-0.2, 0) is 11.3 Å². The number of carbonyl (C=O) groups is 1. The number of nitro groups is 1. The van der Waals surface area contributed by atoms with Gasteiger partial charge in [0.1, 0.15) is 5.76 Å². The molecule has 1 N–H and O–H groups in total. The molecule has 0 spiro atoms. The number of nitrogens with zero attached hydrogens (tertiary/aromatic N) is 3. The molecule has 0 fully saturated rings. The number of thioether (sulfide) groups is 1. The summed E-state index contributed by atoms with van der Waals surface area (Å²) in [7, 11) is 0. The summed E-state index contributed by atoms with van der Waals surface area (Å²) in [4.78, 5) is 40.3. The molecule has 32 heavy (non-hydrogen) atoms. The molecule has 0 atom stereocenters.